The van der Waals surface area contributed by atoms with Crippen LogP contribution in [-0.2, 0) is 0 Å². The quantitative estimate of drug-likeness (QED) is 0.686. The third-order valence-corrected chi connectivity index (χ3v) is 3.71. The summed E-state index contributed by atoms with van der Waals surface area (Å²) in [6, 6.07) is 12.7. The van der Waals surface area contributed by atoms with Crippen molar-refractivity contribution >= 4 is 28.1 Å². The molecule has 2 aromatic heterocycles. The molecule has 0 saturated heterocycles. The summed E-state index contributed by atoms with van der Waals surface area (Å²) in [4.78, 5) is 12.5. The number of thiophene rings is 1. The molecule has 3 aromatic rings. The van der Waals surface area contributed by atoms with Gasteiger partial charge in [-0.3, -0.25) is 4.79 Å². The fourth-order valence-corrected chi connectivity index (χ4v) is 2.54. The van der Waals surface area contributed by atoms with Crippen LogP contribution in [-0.4, -0.2) is 12.4 Å². The second-order valence-corrected chi connectivity index (χ2v) is 5.01. The summed E-state index contributed by atoms with van der Waals surface area (Å²) >= 11 is 1.36. The van der Waals surface area contributed by atoms with Gasteiger partial charge in [0.25, 0.3) is 0 Å². The number of carbonyl (C=O) groups is 1. The van der Waals surface area contributed by atoms with Crippen LogP contribution in [0, 0.1) is 11.3 Å². The normalized spacial score (nSPS) is 10.3. The maximum Gasteiger partial charge on any atom is 0.246 e. The smallest absolute Gasteiger partial charge is 0.246 e. The monoisotopic (exact) mass is 283 g/mol. The van der Waals surface area contributed by atoms with Crippen molar-refractivity contribution in [3.63, 3.8) is 0 Å². The van der Waals surface area contributed by atoms with E-state index in [1.807, 2.05) is 29.6 Å². The maximum atomic E-state index is 11.9. The van der Waals surface area contributed by atoms with E-state index in [0.717, 1.165) is 0 Å². The number of furan rings is 1. The van der Waals surface area contributed by atoms with Gasteiger partial charge in [-0.15, -0.1) is 11.3 Å². The lowest BCUT2D eigenvalue weighted by Crippen LogP contribution is -2.10. The molecule has 1 aromatic carbocycles. The number of ketones is 1. The number of ether oxygens (including phenoxy) is 1. The second-order valence-electron chi connectivity index (χ2n) is 4.06. The Balaban J connectivity index is 1.87. The molecule has 0 fully saturated rings. The number of para-hydroxylation sites is 1. The summed E-state index contributed by atoms with van der Waals surface area (Å²) in [5, 5.41) is 11.6. The second kappa shape index (κ2) is 5.19. The number of benzene rings is 1. The highest BCUT2D eigenvalue weighted by Crippen LogP contribution is 2.32. The lowest BCUT2D eigenvalue weighted by Gasteiger charge is -2.02. The molecule has 0 radical (unpaired) electrons. The van der Waals surface area contributed by atoms with E-state index >= 15 is 0 Å². The SMILES string of the molecule is N#Cc1oc2ccccc2c1OCC(=O)c1cccs1. The number of rotatable bonds is 4. The zero-order valence-corrected chi connectivity index (χ0v) is 11.1. The van der Waals surface area contributed by atoms with Crippen molar-refractivity contribution < 1.29 is 13.9 Å². The van der Waals surface area contributed by atoms with Crippen LogP contribution in [0.1, 0.15) is 15.4 Å². The third-order valence-electron chi connectivity index (χ3n) is 2.80. The van der Waals surface area contributed by atoms with Crippen molar-refractivity contribution in [1.29, 1.82) is 5.26 Å². The van der Waals surface area contributed by atoms with Crippen molar-refractivity contribution in [1.82, 2.24) is 0 Å². The van der Waals surface area contributed by atoms with E-state index in [9.17, 15) is 4.79 Å². The van der Waals surface area contributed by atoms with E-state index in [2.05, 4.69) is 0 Å². The van der Waals surface area contributed by atoms with Crippen LogP contribution in [0.15, 0.2) is 46.2 Å². The van der Waals surface area contributed by atoms with Gasteiger partial charge in [-0.05, 0) is 23.6 Å². The van der Waals surface area contributed by atoms with Crippen LogP contribution in [0.4, 0.5) is 0 Å². The molecule has 0 aliphatic carbocycles. The van der Waals surface area contributed by atoms with Crippen molar-refractivity contribution in [3.05, 3.63) is 52.4 Å². The van der Waals surface area contributed by atoms with Crippen LogP contribution >= 0.6 is 11.3 Å². The van der Waals surface area contributed by atoms with Gasteiger partial charge in [0, 0.05) is 0 Å². The molecule has 0 bridgehead atoms. The Hall–Kier alpha value is -2.58. The zero-order valence-electron chi connectivity index (χ0n) is 10.3. The Morgan fingerprint density at radius 2 is 2.15 bits per heavy atom. The topological polar surface area (TPSA) is 63.2 Å². The van der Waals surface area contributed by atoms with Crippen LogP contribution in [0.5, 0.6) is 5.75 Å². The minimum Gasteiger partial charge on any atom is -0.480 e. The Labute approximate surface area is 118 Å². The van der Waals surface area contributed by atoms with E-state index in [0.29, 0.717) is 21.6 Å². The van der Waals surface area contributed by atoms with E-state index in [4.69, 9.17) is 14.4 Å². The third kappa shape index (κ3) is 2.17. The first-order chi connectivity index (χ1) is 9.79. The van der Waals surface area contributed by atoms with E-state index in [1.165, 1.54) is 11.3 Å². The molecule has 0 atom stereocenters. The summed E-state index contributed by atoms with van der Waals surface area (Å²) in [5.41, 5.74) is 0.572. The molecular weight excluding hydrogens is 274 g/mol. The zero-order chi connectivity index (χ0) is 13.9. The molecule has 0 amide bonds. The number of hydrogen-bond donors (Lipinski definition) is 0. The Morgan fingerprint density at radius 1 is 1.30 bits per heavy atom. The average Bonchev–Trinajstić information content (AvgIpc) is 3.12. The number of carbonyl (C=O) groups excluding carboxylic acids is 1. The molecule has 0 spiro atoms. The molecular formula is C15H9NO3S. The van der Waals surface area contributed by atoms with Gasteiger partial charge in [0.1, 0.15) is 11.7 Å². The predicted octanol–water partition coefficient (Wildman–Crippen LogP) is 3.63. The minimum absolute atomic E-state index is 0.0881. The van der Waals surface area contributed by atoms with Crippen molar-refractivity contribution in [3.8, 4) is 11.8 Å². The Kier molecular flexibility index (Phi) is 3.23. The van der Waals surface area contributed by atoms with Crippen LogP contribution < -0.4 is 4.74 Å². The van der Waals surface area contributed by atoms with Crippen molar-refractivity contribution in [2.24, 2.45) is 0 Å². The van der Waals surface area contributed by atoms with Gasteiger partial charge in [0.05, 0.1) is 10.3 Å². The Morgan fingerprint density at radius 3 is 2.90 bits per heavy atom. The van der Waals surface area contributed by atoms with Crippen molar-refractivity contribution in [2.75, 3.05) is 6.61 Å². The van der Waals surface area contributed by atoms with E-state index < -0.39 is 0 Å². The summed E-state index contributed by atoms with van der Waals surface area (Å²) in [7, 11) is 0. The van der Waals surface area contributed by atoms with E-state index in [1.54, 1.807) is 18.2 Å². The highest BCUT2D eigenvalue weighted by atomic mass is 32.1. The van der Waals surface area contributed by atoms with Crippen LogP contribution in [0.25, 0.3) is 11.0 Å². The molecule has 3 rings (SSSR count). The molecule has 20 heavy (non-hydrogen) atoms. The number of Topliss-reactive ketones (excluding diaryl/α,β-unsaturated/α-hetero) is 1. The molecule has 0 unspecified atom stereocenters. The highest BCUT2D eigenvalue weighted by molar-refractivity contribution is 7.12. The highest BCUT2D eigenvalue weighted by Gasteiger charge is 2.17. The number of nitrogens with zero attached hydrogens (tertiary/aromatic N) is 1. The molecule has 5 heteroatoms. The lowest BCUT2D eigenvalue weighted by atomic mass is 10.2. The van der Waals surface area contributed by atoms with Crippen LogP contribution in [0.3, 0.4) is 0 Å². The largest absolute Gasteiger partial charge is 0.480 e. The van der Waals surface area contributed by atoms with Crippen LogP contribution in [0.2, 0.25) is 0 Å². The van der Waals surface area contributed by atoms with Gasteiger partial charge >= 0.3 is 0 Å². The lowest BCUT2D eigenvalue weighted by molar-refractivity contribution is 0.0926. The van der Waals surface area contributed by atoms with Gasteiger partial charge in [-0.25, -0.2) is 0 Å². The van der Waals surface area contributed by atoms with Gasteiger partial charge in [-0.2, -0.15) is 5.26 Å². The van der Waals surface area contributed by atoms with Gasteiger partial charge in [0.15, 0.2) is 12.4 Å². The molecule has 4 nitrogen and oxygen atoms in total. The molecule has 2 heterocycles. The first-order valence-electron chi connectivity index (χ1n) is 5.90. The summed E-state index contributed by atoms with van der Waals surface area (Å²) in [6.07, 6.45) is 0. The fourth-order valence-electron chi connectivity index (χ4n) is 1.88. The van der Waals surface area contributed by atoms with E-state index in [-0.39, 0.29) is 18.2 Å². The molecule has 0 N–H and O–H groups in total. The summed E-state index contributed by atoms with van der Waals surface area (Å²) < 4.78 is 10.9. The van der Waals surface area contributed by atoms with Gasteiger partial charge in [-0.1, -0.05) is 18.2 Å². The number of hydrogen-bond acceptors (Lipinski definition) is 5. The summed E-state index contributed by atoms with van der Waals surface area (Å²) in [5.74, 6) is 0.298. The van der Waals surface area contributed by atoms with Crippen molar-refractivity contribution in [2.45, 2.75) is 0 Å². The Bertz CT molecular complexity index is 796. The molecule has 0 aliphatic heterocycles. The molecule has 0 saturated carbocycles. The average molecular weight is 283 g/mol. The number of nitriles is 1. The van der Waals surface area contributed by atoms with Gasteiger partial charge in [0.2, 0.25) is 11.5 Å². The first kappa shape index (κ1) is 12.5. The maximum absolute atomic E-state index is 11.9. The predicted molar refractivity (Wildman–Crippen MR) is 75.1 cm³/mol. The standard InChI is InChI=1S/C15H9NO3S/c16-8-13-15(10-4-1-2-5-12(10)19-13)18-9-11(17)14-6-3-7-20-14/h1-7H,9H2. The first-order valence-corrected chi connectivity index (χ1v) is 6.78. The number of fused-ring (bicyclic) bond motifs is 1. The fraction of sp³-hybridized carbons (Fsp3) is 0.0667. The molecule has 0 aliphatic rings. The molecule has 98 valence electrons. The van der Waals surface area contributed by atoms with Gasteiger partial charge < -0.3 is 9.15 Å². The summed E-state index contributed by atoms with van der Waals surface area (Å²) in [6.45, 7) is -0.112. The minimum atomic E-state index is -0.117.